The Morgan fingerprint density at radius 3 is 1.41 bits per heavy atom. The van der Waals surface area contributed by atoms with Gasteiger partial charge in [0.1, 0.15) is 84.8 Å². The molecule has 3 heterocycles. The van der Waals surface area contributed by atoms with Crippen molar-refractivity contribution in [3.8, 4) is 5.75 Å². The maximum atomic E-state index is 15.2. The summed E-state index contributed by atoms with van der Waals surface area (Å²) in [6.07, 6.45) is 2.69. The number of phenolic OH excluding ortho intramolecular Hbond substituents is 1. The van der Waals surface area contributed by atoms with E-state index in [1.807, 2.05) is 0 Å². The summed E-state index contributed by atoms with van der Waals surface area (Å²) in [5.74, 6) is -17.7. The molecule has 0 radical (unpaired) electrons. The number of hydrogen-bond acceptors (Lipinski definition) is 22. The number of thiol groups is 2. The fourth-order valence-corrected chi connectivity index (χ4v) is 13.4. The van der Waals surface area contributed by atoms with Gasteiger partial charge < -0.3 is 116 Å². The molecule has 7 aromatic rings. The molecule has 23 N–H and O–H groups in total. The molecule has 0 aliphatic heterocycles. The highest BCUT2D eigenvalue weighted by Gasteiger charge is 2.39. The largest absolute Gasteiger partial charge is 0.508 e. The number of aliphatic carboxylic acids is 2. The number of benzene rings is 4. The normalized spacial score (nSPS) is 14.4. The number of phenols is 1. The number of carbonyl (C=O) groups is 16. The third-order valence-electron chi connectivity index (χ3n) is 19.4. The Morgan fingerprint density at radius 1 is 0.443 bits per heavy atom. The molecular weight excluding hydrogens is 1620 g/mol. The average molecular weight is 1730 g/mol. The Balaban J connectivity index is 1.09. The van der Waals surface area contributed by atoms with Crippen LogP contribution >= 0.6 is 25.3 Å². The topological polar surface area (TPSA) is 609 Å². The van der Waals surface area contributed by atoms with Crippen LogP contribution in [0.2, 0.25) is 0 Å². The van der Waals surface area contributed by atoms with Gasteiger partial charge in [0.25, 0.3) is 0 Å². The summed E-state index contributed by atoms with van der Waals surface area (Å²) in [6, 6.07) is 9.05. The molecule has 0 aliphatic rings. The van der Waals surface area contributed by atoms with Crippen molar-refractivity contribution < 1.29 is 97.1 Å². The Bertz CT molecular complexity index is 4800. The summed E-state index contributed by atoms with van der Waals surface area (Å²) >= 11 is 8.59. The number of nitrogens with zero attached hydrogens (tertiary/aromatic N) is 1. The van der Waals surface area contributed by atoms with Crippen LogP contribution in [0.3, 0.4) is 0 Å². The minimum absolute atomic E-state index is 0.150. The molecule has 39 nitrogen and oxygen atoms in total. The van der Waals surface area contributed by atoms with E-state index in [0.29, 0.717) is 69.9 Å². The average Bonchev–Trinajstić information content (AvgIpc) is 1.64. The second kappa shape index (κ2) is 47.8. The van der Waals surface area contributed by atoms with Crippen LogP contribution in [0.5, 0.6) is 5.75 Å². The minimum atomic E-state index is -1.94. The maximum Gasteiger partial charge on any atom is 0.322 e. The predicted molar refractivity (Wildman–Crippen MR) is 450 cm³/mol. The Morgan fingerprint density at radius 2 is 0.893 bits per heavy atom. The molecule has 13 atom stereocenters. The lowest BCUT2D eigenvalue weighted by molar-refractivity contribution is -0.141. The number of H-pyrrole nitrogens is 3. The molecule has 14 amide bonds. The number of aromatic hydroxyl groups is 1. The van der Waals surface area contributed by atoms with E-state index >= 15 is 9.59 Å². The van der Waals surface area contributed by atoms with Gasteiger partial charge in [-0.1, -0.05) is 92.7 Å². The number of para-hydroxylation sites is 2. The lowest BCUT2D eigenvalue weighted by atomic mass is 9.99. The molecule has 0 fully saturated rings. The van der Waals surface area contributed by atoms with E-state index in [-0.39, 0.29) is 62.3 Å². The van der Waals surface area contributed by atoms with E-state index in [2.05, 4.69) is 120 Å². The lowest BCUT2D eigenvalue weighted by Gasteiger charge is -2.29. The van der Waals surface area contributed by atoms with Crippen LogP contribution < -0.4 is 80.2 Å². The zero-order valence-electron chi connectivity index (χ0n) is 67.6. The van der Waals surface area contributed by atoms with Crippen molar-refractivity contribution in [1.82, 2.24) is 94.4 Å². The number of carboxylic acids is 2. The number of imidazole rings is 1. The molecule has 7 rings (SSSR count). The van der Waals surface area contributed by atoms with Gasteiger partial charge in [-0.3, -0.25) is 76.7 Å². The Labute approximate surface area is 711 Å². The fourth-order valence-electron chi connectivity index (χ4n) is 12.9. The number of nitrogens with two attached hydrogens (primary N) is 1. The summed E-state index contributed by atoms with van der Waals surface area (Å²) in [5, 5.41) is 77.3. The number of hydrogen-bond donors (Lipinski definition) is 24. The molecule has 0 bridgehead atoms. The maximum absolute atomic E-state index is 15.2. The highest BCUT2D eigenvalue weighted by Crippen LogP contribution is 2.23. The van der Waals surface area contributed by atoms with Crippen molar-refractivity contribution in [2.24, 2.45) is 11.7 Å². The van der Waals surface area contributed by atoms with Gasteiger partial charge in [-0.15, -0.1) is 0 Å². The number of fused-ring (bicyclic) bond motifs is 2. The third kappa shape index (κ3) is 30.1. The number of aliphatic hydroxyl groups excluding tert-OH is 1. The molecular formula is C81H105N19O20S2. The van der Waals surface area contributed by atoms with Crippen LogP contribution in [0, 0.1) is 5.92 Å². The number of carboxylic acid groups (broad SMARTS) is 2. The van der Waals surface area contributed by atoms with Gasteiger partial charge >= 0.3 is 11.9 Å². The van der Waals surface area contributed by atoms with Crippen molar-refractivity contribution in [3.05, 3.63) is 156 Å². The standard InChI is InChI=1S/C81H105N19O20S2/c1-42(2)68(99-76(115)60(32-49-36-86-55-20-12-10-18-53(49)55)95-75(114)62(34-66(105)106)92-70(109)43(3)89-78(117)63(39-121)91-65(104)26-28-84-71(110)56(90-45(5)102)21-13-14-27-82)80(119)98-64(40-122)79(118)93-58(30-47-22-24-51(103)25-23-47)73(112)94-59(31-48-35-85-54-19-11-9-17-52(48)54)74(113)96-61(33-50-37-83-41-88-50)77(116)100-69(44(4)101)81(120)97-57(72(111)87-38-67(107)108)29-46-15-7-6-8-16-46/h6-12,15-20,22-25,35-37,41-44,56-64,68-69,85-86,101,103,121-122H,13-14,21,26-34,38-40,82H2,1-5H3,(H,83,88)(H,84,110)(H,87,111)(H,89,117)(H,90,102)(H,91,104)(H,92,109)(H,93,118)(H,94,112)(H,95,114)(H,96,113)(H,97,120)(H,98,119)(H,99,115)(H,100,116)(H,105,106)(H,107,108)/t43-,44+,56+,57-,58-,59-,60-,61-,62-,63-,64-,68-,69-/m0/s1. The van der Waals surface area contributed by atoms with Crippen LogP contribution in [-0.2, 0) is 109 Å². The van der Waals surface area contributed by atoms with Crippen molar-refractivity contribution in [2.45, 2.75) is 177 Å². The van der Waals surface area contributed by atoms with Gasteiger partial charge in [-0.2, -0.15) is 25.3 Å². The summed E-state index contributed by atoms with van der Waals surface area (Å²) < 4.78 is 0. The van der Waals surface area contributed by atoms with Crippen LogP contribution in [0.4, 0.5) is 0 Å². The molecule has 0 spiro atoms. The van der Waals surface area contributed by atoms with Crippen LogP contribution in [-0.4, -0.2) is 245 Å². The molecule has 0 saturated heterocycles. The first-order valence-corrected chi connectivity index (χ1v) is 40.5. The van der Waals surface area contributed by atoms with Crippen molar-refractivity contribution >= 4 is 142 Å². The Kier molecular flexibility index (Phi) is 37.7. The minimum Gasteiger partial charge on any atom is -0.508 e. The highest BCUT2D eigenvalue weighted by molar-refractivity contribution is 7.80. The second-order valence-electron chi connectivity index (χ2n) is 29.4. The smallest absolute Gasteiger partial charge is 0.322 e. The van der Waals surface area contributed by atoms with Crippen molar-refractivity contribution in [2.75, 3.05) is 31.1 Å². The fraction of sp³-hybridized carbons (Fsp3) is 0.420. The van der Waals surface area contributed by atoms with Gasteiger partial charge in [0.05, 0.1) is 18.9 Å². The number of aromatic nitrogens is 4. The second-order valence-corrected chi connectivity index (χ2v) is 30.1. The molecule has 41 heteroatoms. The van der Waals surface area contributed by atoms with Crippen molar-refractivity contribution in [1.29, 1.82) is 0 Å². The molecule has 0 aliphatic carbocycles. The lowest BCUT2D eigenvalue weighted by Crippen LogP contribution is -2.62. The first-order chi connectivity index (χ1) is 58.1. The molecule has 4 aromatic carbocycles. The van der Waals surface area contributed by atoms with E-state index < -0.39 is 198 Å². The van der Waals surface area contributed by atoms with E-state index in [4.69, 9.17) is 5.73 Å². The number of amides is 14. The number of aliphatic hydroxyl groups is 1. The number of aromatic amines is 3. The quantitative estimate of drug-likeness (QED) is 0.0140. The van der Waals surface area contributed by atoms with Crippen LogP contribution in [0.1, 0.15) is 94.7 Å². The molecule has 0 saturated carbocycles. The molecule has 122 heavy (non-hydrogen) atoms. The third-order valence-corrected chi connectivity index (χ3v) is 20.2. The summed E-state index contributed by atoms with van der Waals surface area (Å²) in [4.78, 5) is 234. The SMILES string of the molecule is CC(=O)N[C@H](CCCCN)C(=O)NCCC(=O)N[C@@H](CS)C(=O)N[C@@H](C)C(=O)N[C@@H](CC(=O)O)C(=O)N[C@@H](Cc1c[nH]c2ccccc12)C(=O)N[C@H](C(=O)N[C@@H](CS)C(=O)N[C@@H](Cc1ccc(O)cc1)C(=O)N[C@@H](Cc1c[nH]c2ccccc12)C(=O)N[C@@H](Cc1cnc[nH]1)C(=O)N[C@H](C(=O)N[C@@H](Cc1ccccc1)C(=O)NCC(=O)O)[C@@H](C)O)C(C)C. The van der Waals surface area contributed by atoms with Gasteiger partial charge in [-0.05, 0) is 92.1 Å². The summed E-state index contributed by atoms with van der Waals surface area (Å²) in [7, 11) is 0. The number of carbonyl (C=O) groups excluding carboxylic acids is 14. The van der Waals surface area contributed by atoms with Gasteiger partial charge in [0.2, 0.25) is 82.7 Å². The highest BCUT2D eigenvalue weighted by atomic mass is 32.1. The predicted octanol–water partition coefficient (Wildman–Crippen LogP) is -2.34. The van der Waals surface area contributed by atoms with E-state index in [1.165, 1.54) is 57.6 Å². The summed E-state index contributed by atoms with van der Waals surface area (Å²) in [6.45, 7) is 6.09. The number of nitrogens with one attached hydrogen (secondary N) is 17. The molecule has 0 unspecified atom stereocenters. The first-order valence-electron chi connectivity index (χ1n) is 39.2. The zero-order chi connectivity index (χ0) is 89.3. The van der Waals surface area contributed by atoms with Crippen LogP contribution in [0.15, 0.2) is 128 Å². The number of rotatable bonds is 49. The van der Waals surface area contributed by atoms with Gasteiger partial charge in [0.15, 0.2) is 0 Å². The Hall–Kier alpha value is -12.9. The monoisotopic (exact) mass is 1730 g/mol. The van der Waals surface area contributed by atoms with E-state index in [9.17, 15) is 87.5 Å². The van der Waals surface area contributed by atoms with Gasteiger partial charge in [-0.25, -0.2) is 4.98 Å². The number of unbranched alkanes of at least 4 members (excludes halogenated alkanes) is 1. The van der Waals surface area contributed by atoms with Crippen molar-refractivity contribution in [3.63, 3.8) is 0 Å². The molecule has 3 aromatic heterocycles. The zero-order valence-corrected chi connectivity index (χ0v) is 69.3. The first kappa shape index (κ1) is 96.2. The van der Waals surface area contributed by atoms with E-state index in [1.54, 1.807) is 105 Å². The van der Waals surface area contributed by atoms with Crippen LogP contribution in [0.25, 0.3) is 21.8 Å². The van der Waals surface area contributed by atoms with Gasteiger partial charge in [0, 0.05) is 110 Å². The molecule has 656 valence electrons. The van der Waals surface area contributed by atoms with E-state index in [0.717, 1.165) is 0 Å². The summed E-state index contributed by atoms with van der Waals surface area (Å²) in [5.41, 5.74) is 8.92.